The molecule has 0 aliphatic carbocycles. The highest BCUT2D eigenvalue weighted by Gasteiger charge is 2.13. The summed E-state index contributed by atoms with van der Waals surface area (Å²) in [7, 11) is 1.92. The van der Waals surface area contributed by atoms with E-state index in [1.165, 1.54) is 0 Å². The summed E-state index contributed by atoms with van der Waals surface area (Å²) in [6.45, 7) is 1.99. The van der Waals surface area contributed by atoms with Crippen molar-refractivity contribution < 1.29 is 5.11 Å². The zero-order chi connectivity index (χ0) is 12.7. The van der Waals surface area contributed by atoms with E-state index < -0.39 is 0 Å². The van der Waals surface area contributed by atoms with Gasteiger partial charge in [-0.1, -0.05) is 11.6 Å². The SMILES string of the molecule is Cc1ccc(O)c(-c2nc3ncccc3n2C)c1. The number of hydrogen-bond donors (Lipinski definition) is 1. The van der Waals surface area contributed by atoms with Crippen LogP contribution in [0.25, 0.3) is 22.6 Å². The van der Waals surface area contributed by atoms with E-state index in [-0.39, 0.29) is 5.75 Å². The number of hydrogen-bond acceptors (Lipinski definition) is 3. The van der Waals surface area contributed by atoms with E-state index in [1.54, 1.807) is 12.3 Å². The lowest BCUT2D eigenvalue weighted by Gasteiger charge is -2.05. The third-order valence-electron chi connectivity index (χ3n) is 3.05. The Morgan fingerprint density at radius 1 is 1.22 bits per heavy atom. The first kappa shape index (κ1) is 10.8. The first-order valence-electron chi connectivity index (χ1n) is 5.74. The molecule has 0 radical (unpaired) electrons. The molecule has 0 aliphatic rings. The van der Waals surface area contributed by atoms with E-state index in [4.69, 9.17) is 0 Å². The molecule has 0 spiro atoms. The van der Waals surface area contributed by atoms with Crippen molar-refractivity contribution in [3.8, 4) is 17.1 Å². The lowest BCUT2D eigenvalue weighted by Crippen LogP contribution is -1.93. The third-order valence-corrected chi connectivity index (χ3v) is 3.05. The highest BCUT2D eigenvalue weighted by molar-refractivity contribution is 5.78. The van der Waals surface area contributed by atoms with Crippen molar-refractivity contribution in [3.63, 3.8) is 0 Å². The second-order valence-corrected chi connectivity index (χ2v) is 4.36. The monoisotopic (exact) mass is 239 g/mol. The number of aromatic hydroxyl groups is 1. The number of fused-ring (bicyclic) bond motifs is 1. The smallest absolute Gasteiger partial charge is 0.178 e. The molecule has 1 N–H and O–H groups in total. The Labute approximate surface area is 105 Å². The Bertz CT molecular complexity index is 731. The molecule has 18 heavy (non-hydrogen) atoms. The van der Waals surface area contributed by atoms with E-state index in [2.05, 4.69) is 9.97 Å². The molecular weight excluding hydrogens is 226 g/mol. The van der Waals surface area contributed by atoms with E-state index in [1.807, 2.05) is 42.8 Å². The Hall–Kier alpha value is -2.36. The highest BCUT2D eigenvalue weighted by Crippen LogP contribution is 2.30. The van der Waals surface area contributed by atoms with Crippen LogP contribution in [0.15, 0.2) is 36.5 Å². The molecule has 2 aromatic heterocycles. The minimum absolute atomic E-state index is 0.235. The number of aromatic nitrogens is 3. The molecule has 0 saturated carbocycles. The summed E-state index contributed by atoms with van der Waals surface area (Å²) in [5, 5.41) is 9.96. The summed E-state index contributed by atoms with van der Waals surface area (Å²) < 4.78 is 1.94. The van der Waals surface area contributed by atoms with Crippen LogP contribution in [0.2, 0.25) is 0 Å². The summed E-state index contributed by atoms with van der Waals surface area (Å²) in [4.78, 5) is 8.70. The normalized spacial score (nSPS) is 11.0. The van der Waals surface area contributed by atoms with Crippen molar-refractivity contribution in [2.24, 2.45) is 7.05 Å². The molecule has 1 aromatic carbocycles. The summed E-state index contributed by atoms with van der Waals surface area (Å²) in [5.74, 6) is 0.962. The molecule has 0 bridgehead atoms. The van der Waals surface area contributed by atoms with Crippen LogP contribution in [0.5, 0.6) is 5.75 Å². The van der Waals surface area contributed by atoms with Gasteiger partial charge in [-0.15, -0.1) is 0 Å². The standard InChI is InChI=1S/C14H13N3O/c1-9-5-6-12(18)10(8-9)14-16-13-11(17(14)2)4-3-7-15-13/h3-8,18H,1-2H3. The largest absolute Gasteiger partial charge is 0.507 e. The Morgan fingerprint density at radius 3 is 2.83 bits per heavy atom. The molecule has 0 atom stereocenters. The van der Waals surface area contributed by atoms with Crippen LogP contribution in [0.3, 0.4) is 0 Å². The second-order valence-electron chi connectivity index (χ2n) is 4.36. The molecule has 0 unspecified atom stereocenters. The minimum atomic E-state index is 0.235. The average molecular weight is 239 g/mol. The molecule has 3 rings (SSSR count). The van der Waals surface area contributed by atoms with Gasteiger partial charge < -0.3 is 9.67 Å². The second kappa shape index (κ2) is 3.84. The predicted molar refractivity (Wildman–Crippen MR) is 70.3 cm³/mol. The maximum absolute atomic E-state index is 9.96. The number of phenolic OH excluding ortho intramolecular Hbond substituents is 1. The van der Waals surface area contributed by atoms with Crippen molar-refractivity contribution >= 4 is 11.2 Å². The molecule has 4 nitrogen and oxygen atoms in total. The van der Waals surface area contributed by atoms with Gasteiger partial charge in [0.2, 0.25) is 0 Å². The highest BCUT2D eigenvalue weighted by atomic mass is 16.3. The zero-order valence-electron chi connectivity index (χ0n) is 10.3. The first-order valence-corrected chi connectivity index (χ1v) is 5.74. The van der Waals surface area contributed by atoms with Gasteiger partial charge in [-0.2, -0.15) is 0 Å². The number of phenols is 1. The fourth-order valence-electron chi connectivity index (χ4n) is 2.10. The first-order chi connectivity index (χ1) is 8.66. The molecular formula is C14H13N3O. The van der Waals surface area contributed by atoms with Crippen molar-refractivity contribution in [1.29, 1.82) is 0 Å². The number of rotatable bonds is 1. The van der Waals surface area contributed by atoms with E-state index >= 15 is 0 Å². The number of aryl methyl sites for hydroxylation is 2. The van der Waals surface area contributed by atoms with Crippen LogP contribution in [0.1, 0.15) is 5.56 Å². The minimum Gasteiger partial charge on any atom is -0.507 e. The Kier molecular flexibility index (Phi) is 2.30. The van der Waals surface area contributed by atoms with Crippen molar-refractivity contribution in [1.82, 2.24) is 14.5 Å². The molecule has 90 valence electrons. The van der Waals surface area contributed by atoms with Gasteiger partial charge in [-0.25, -0.2) is 9.97 Å². The lowest BCUT2D eigenvalue weighted by molar-refractivity contribution is 0.476. The van der Waals surface area contributed by atoms with Gasteiger partial charge in [0.25, 0.3) is 0 Å². The quantitative estimate of drug-likeness (QED) is 0.710. The predicted octanol–water partition coefficient (Wildman–Crippen LogP) is 2.65. The van der Waals surface area contributed by atoms with Crippen molar-refractivity contribution in [2.75, 3.05) is 0 Å². The lowest BCUT2D eigenvalue weighted by atomic mass is 10.1. The van der Waals surface area contributed by atoms with Crippen molar-refractivity contribution in [2.45, 2.75) is 6.92 Å². The van der Waals surface area contributed by atoms with Crippen LogP contribution < -0.4 is 0 Å². The molecule has 0 saturated heterocycles. The summed E-state index contributed by atoms with van der Waals surface area (Å²) in [5.41, 5.74) is 3.46. The fraction of sp³-hybridized carbons (Fsp3) is 0.143. The average Bonchev–Trinajstić information content (AvgIpc) is 2.71. The summed E-state index contributed by atoms with van der Waals surface area (Å²) in [6.07, 6.45) is 1.72. The van der Waals surface area contributed by atoms with Gasteiger partial charge in [0, 0.05) is 13.2 Å². The molecule has 0 amide bonds. The summed E-state index contributed by atoms with van der Waals surface area (Å²) in [6, 6.07) is 9.34. The van der Waals surface area contributed by atoms with Gasteiger partial charge >= 0.3 is 0 Å². The summed E-state index contributed by atoms with van der Waals surface area (Å²) >= 11 is 0. The molecule has 0 aliphatic heterocycles. The van der Waals surface area contributed by atoms with E-state index in [0.717, 1.165) is 22.5 Å². The molecule has 3 aromatic rings. The third kappa shape index (κ3) is 1.54. The van der Waals surface area contributed by atoms with Gasteiger partial charge in [-0.05, 0) is 31.2 Å². The maximum atomic E-state index is 9.96. The van der Waals surface area contributed by atoms with Crippen LogP contribution in [-0.2, 0) is 7.05 Å². The molecule has 0 fully saturated rings. The van der Waals surface area contributed by atoms with Gasteiger partial charge in [-0.3, -0.25) is 0 Å². The maximum Gasteiger partial charge on any atom is 0.178 e. The van der Waals surface area contributed by atoms with Gasteiger partial charge in [0.15, 0.2) is 5.65 Å². The van der Waals surface area contributed by atoms with E-state index in [9.17, 15) is 5.11 Å². The Morgan fingerprint density at radius 2 is 2.06 bits per heavy atom. The number of imidazole rings is 1. The van der Waals surface area contributed by atoms with Crippen LogP contribution in [-0.4, -0.2) is 19.6 Å². The number of nitrogens with zero attached hydrogens (tertiary/aromatic N) is 3. The van der Waals surface area contributed by atoms with Crippen LogP contribution in [0, 0.1) is 6.92 Å². The zero-order valence-corrected chi connectivity index (χ0v) is 10.3. The van der Waals surface area contributed by atoms with Gasteiger partial charge in [0.05, 0.1) is 11.1 Å². The fourth-order valence-corrected chi connectivity index (χ4v) is 2.10. The number of benzene rings is 1. The number of pyridine rings is 1. The van der Waals surface area contributed by atoms with E-state index in [0.29, 0.717) is 5.65 Å². The topological polar surface area (TPSA) is 50.9 Å². The van der Waals surface area contributed by atoms with Crippen molar-refractivity contribution in [3.05, 3.63) is 42.1 Å². The molecule has 2 heterocycles. The van der Waals surface area contributed by atoms with Gasteiger partial charge in [0.1, 0.15) is 11.6 Å². The molecule has 4 heteroatoms. The van der Waals surface area contributed by atoms with Crippen LogP contribution in [0.4, 0.5) is 0 Å². The Balaban J connectivity index is 2.31. The van der Waals surface area contributed by atoms with Crippen LogP contribution >= 0.6 is 0 Å².